The molecule has 19 heteroatoms. The van der Waals surface area contributed by atoms with Crippen LogP contribution in [0.15, 0.2) is 0 Å². The first-order valence-electron chi connectivity index (χ1n) is 18.2. The van der Waals surface area contributed by atoms with E-state index in [0.717, 1.165) is 57.8 Å². The highest BCUT2D eigenvalue weighted by molar-refractivity contribution is 6.31. The molecule has 1 aromatic rings. The highest BCUT2D eigenvalue weighted by atomic mass is 35.5. The number of guanidine groups is 1. The minimum Gasteiger partial charge on any atom is -0.390 e. The van der Waals surface area contributed by atoms with E-state index in [1.54, 1.807) is 13.8 Å². The summed E-state index contributed by atoms with van der Waals surface area (Å²) in [5.41, 5.74) is 11.0. The van der Waals surface area contributed by atoms with E-state index in [9.17, 15) is 30.3 Å². The zero-order valence-corrected chi connectivity index (χ0v) is 30.9. The number of nitrogens with two attached hydrogens (primary N) is 2. The van der Waals surface area contributed by atoms with Gasteiger partial charge in [0.1, 0.15) is 30.5 Å². The van der Waals surface area contributed by atoms with Crippen LogP contribution in [0.3, 0.4) is 0 Å². The van der Waals surface area contributed by atoms with Crippen molar-refractivity contribution in [2.45, 2.75) is 133 Å². The summed E-state index contributed by atoms with van der Waals surface area (Å²) in [4.78, 5) is 21.8. The number of aliphatic hydroxyl groups excluding tert-OH is 5. The van der Waals surface area contributed by atoms with E-state index in [1.807, 2.05) is 4.90 Å². The van der Waals surface area contributed by atoms with Crippen molar-refractivity contribution in [2.24, 2.45) is 0 Å². The molecule has 18 nitrogen and oxygen atoms in total. The van der Waals surface area contributed by atoms with E-state index >= 15 is 0 Å². The van der Waals surface area contributed by atoms with Crippen molar-refractivity contribution >= 4 is 35.1 Å². The quantitative estimate of drug-likeness (QED) is 0.0401. The van der Waals surface area contributed by atoms with Crippen LogP contribution in [0.5, 0.6) is 0 Å². The van der Waals surface area contributed by atoms with Gasteiger partial charge in [0, 0.05) is 19.6 Å². The lowest BCUT2D eigenvalue weighted by Gasteiger charge is -2.31. The number of anilines is 2. The second kappa shape index (κ2) is 22.7. The van der Waals surface area contributed by atoms with Gasteiger partial charge in [-0.05, 0) is 39.7 Å². The molecule has 0 aromatic carbocycles. The van der Waals surface area contributed by atoms with Crippen LogP contribution >= 0.6 is 11.6 Å². The normalized spacial score (nSPS) is 23.3. The zero-order chi connectivity index (χ0) is 38.2. The summed E-state index contributed by atoms with van der Waals surface area (Å²) in [6.45, 7) is 5.25. The van der Waals surface area contributed by atoms with Crippen LogP contribution in [0.1, 0.15) is 88.5 Å². The van der Waals surface area contributed by atoms with Gasteiger partial charge in [-0.2, -0.15) is 0 Å². The van der Waals surface area contributed by atoms with E-state index in [2.05, 4.69) is 20.6 Å². The van der Waals surface area contributed by atoms with Gasteiger partial charge in [-0.15, -0.1) is 0 Å². The molecule has 2 saturated heterocycles. The fourth-order valence-corrected chi connectivity index (χ4v) is 6.18. The fourth-order valence-electron chi connectivity index (χ4n) is 6.05. The Morgan fingerprint density at radius 3 is 1.98 bits per heavy atom. The Bertz CT molecular complexity index is 1240. The molecule has 9 atom stereocenters. The second-order valence-electron chi connectivity index (χ2n) is 13.4. The molecule has 1 aromatic heterocycles. The van der Waals surface area contributed by atoms with Crippen molar-refractivity contribution in [1.82, 2.24) is 25.5 Å². The summed E-state index contributed by atoms with van der Waals surface area (Å²) < 4.78 is 21.6. The summed E-state index contributed by atoms with van der Waals surface area (Å²) in [6.07, 6.45) is 0.522. The molecule has 3 rings (SSSR count). The number of hydrogen-bond acceptors (Lipinski definition) is 16. The molecule has 3 heterocycles. The topological polar surface area (TPSA) is 284 Å². The van der Waals surface area contributed by atoms with E-state index in [0.29, 0.717) is 19.6 Å². The Morgan fingerprint density at radius 2 is 1.40 bits per heavy atom. The lowest BCUT2D eigenvalue weighted by Crippen LogP contribution is -2.50. The van der Waals surface area contributed by atoms with Crippen LogP contribution in [0.4, 0.5) is 11.6 Å². The van der Waals surface area contributed by atoms with Gasteiger partial charge >= 0.3 is 0 Å². The number of carbonyl (C=O) groups is 1. The summed E-state index contributed by atoms with van der Waals surface area (Å²) in [5, 5.41) is 66.3. The number of rotatable bonds is 23. The Balaban J connectivity index is 1.29. The minimum atomic E-state index is -1.46. The number of halogens is 1. The van der Waals surface area contributed by atoms with Crippen LogP contribution in [0, 0.1) is 5.41 Å². The van der Waals surface area contributed by atoms with Crippen molar-refractivity contribution in [2.75, 3.05) is 50.9 Å². The molecular formula is C33H59ClN8O10. The van der Waals surface area contributed by atoms with Crippen molar-refractivity contribution < 1.29 is 49.3 Å². The molecule has 0 saturated carbocycles. The third-order valence-electron chi connectivity index (χ3n) is 9.12. The number of aliphatic hydroxyl groups is 5. The molecule has 0 bridgehead atoms. The zero-order valence-electron chi connectivity index (χ0n) is 30.2. The molecule has 2 aliphatic heterocycles. The Kier molecular flexibility index (Phi) is 19.1. The number of aromatic nitrogens is 2. The van der Waals surface area contributed by atoms with Crippen molar-refractivity contribution in [1.29, 1.82) is 5.41 Å². The largest absolute Gasteiger partial charge is 0.390 e. The van der Waals surface area contributed by atoms with Gasteiger partial charge < -0.3 is 66.2 Å². The first kappa shape index (κ1) is 43.9. The Labute approximate surface area is 310 Å². The first-order chi connectivity index (χ1) is 24.8. The minimum absolute atomic E-state index is 0.0612. The molecule has 12 N–H and O–H groups in total. The van der Waals surface area contributed by atoms with Crippen LogP contribution < -0.4 is 22.1 Å². The van der Waals surface area contributed by atoms with E-state index in [4.69, 9.17) is 47.4 Å². The molecule has 298 valence electrons. The SMILES string of the molecule is C[C@@H]1OC[C@H]([C@@H](O)[C@H](O)[C@@H](O)CN(CCCCCCCCCCCNC(=N)NC(=O)c2nc(Cl)c(N)nc2N)CC[C@@H](O)[C@H](O)[C@H]2CO[C@@H](C)O2)O1. The average Bonchev–Trinajstić information content (AvgIpc) is 3.75. The molecule has 52 heavy (non-hydrogen) atoms. The maximum Gasteiger partial charge on any atom is 0.280 e. The van der Waals surface area contributed by atoms with E-state index < -0.39 is 61.2 Å². The molecular weight excluding hydrogens is 704 g/mol. The van der Waals surface area contributed by atoms with Crippen LogP contribution in [0.2, 0.25) is 5.15 Å². The summed E-state index contributed by atoms with van der Waals surface area (Å²) in [6, 6.07) is 0. The van der Waals surface area contributed by atoms with Crippen LogP contribution in [-0.2, 0) is 18.9 Å². The maximum atomic E-state index is 12.3. The number of carbonyl (C=O) groups excluding carboxylic acids is 1. The summed E-state index contributed by atoms with van der Waals surface area (Å²) in [7, 11) is 0. The number of unbranched alkanes of at least 4 members (excludes halogenated alkanes) is 8. The van der Waals surface area contributed by atoms with Crippen molar-refractivity contribution in [3.8, 4) is 0 Å². The van der Waals surface area contributed by atoms with Crippen molar-refractivity contribution in [3.05, 3.63) is 10.8 Å². The monoisotopic (exact) mass is 762 g/mol. The molecule has 0 unspecified atom stereocenters. The molecule has 1 amide bonds. The van der Waals surface area contributed by atoms with Gasteiger partial charge in [-0.3, -0.25) is 15.5 Å². The average molecular weight is 763 g/mol. The van der Waals surface area contributed by atoms with Gasteiger partial charge in [0.15, 0.2) is 41.0 Å². The van der Waals surface area contributed by atoms with E-state index in [-0.39, 0.29) is 54.6 Å². The highest BCUT2D eigenvalue weighted by Crippen LogP contribution is 2.21. The molecule has 0 aliphatic carbocycles. The Morgan fingerprint density at radius 1 is 0.846 bits per heavy atom. The first-order valence-corrected chi connectivity index (χ1v) is 18.5. The number of nitrogen functional groups attached to an aromatic ring is 2. The van der Waals surface area contributed by atoms with E-state index in [1.165, 1.54) is 0 Å². The van der Waals surface area contributed by atoms with Gasteiger partial charge in [0.25, 0.3) is 5.91 Å². The summed E-state index contributed by atoms with van der Waals surface area (Å²) >= 11 is 5.81. The number of ether oxygens (including phenoxy) is 4. The van der Waals surface area contributed by atoms with Gasteiger partial charge in [-0.1, -0.05) is 56.5 Å². The number of nitrogens with zero attached hydrogens (tertiary/aromatic N) is 3. The van der Waals surface area contributed by atoms with Gasteiger partial charge in [-0.25, -0.2) is 9.97 Å². The predicted octanol–water partition coefficient (Wildman–Crippen LogP) is 0.0789. The van der Waals surface area contributed by atoms with Crippen molar-refractivity contribution in [3.63, 3.8) is 0 Å². The van der Waals surface area contributed by atoms with Gasteiger partial charge in [0.2, 0.25) is 0 Å². The fraction of sp³-hybridized carbons (Fsp3) is 0.818. The third kappa shape index (κ3) is 14.7. The maximum absolute atomic E-state index is 12.3. The number of nitrogens with one attached hydrogen (secondary N) is 3. The lowest BCUT2D eigenvalue weighted by atomic mass is 10.0. The summed E-state index contributed by atoms with van der Waals surface area (Å²) in [5.74, 6) is -1.15. The lowest BCUT2D eigenvalue weighted by molar-refractivity contribution is -0.127. The number of hydrogen-bond donors (Lipinski definition) is 10. The van der Waals surface area contributed by atoms with Crippen LogP contribution in [0.25, 0.3) is 0 Å². The predicted molar refractivity (Wildman–Crippen MR) is 192 cm³/mol. The third-order valence-corrected chi connectivity index (χ3v) is 9.40. The van der Waals surface area contributed by atoms with Gasteiger partial charge in [0.05, 0.1) is 25.4 Å². The Hall–Kier alpha value is -2.49. The standard InChI is InChI=1S/C33H59ClN8O10/c1-19-49-17-23(51-19)26(45)21(43)12-15-42(16-22(44)27(46)28(47)24-18-50-20(2)52-24)14-11-9-7-5-3-4-6-8-10-13-38-33(37)41-32(48)25-30(35)40-31(36)29(34)39-25/h19-24,26-28,43-47H,3-18H2,1-2H3,(H4,35,36,40)(H3,37,38,41,48)/t19-,20-,21-,22+,23-,24-,26+,27-,28-/m1/s1. The molecule has 2 aliphatic rings. The second-order valence-corrected chi connectivity index (χ2v) is 13.8. The smallest absolute Gasteiger partial charge is 0.280 e. The number of amides is 1. The molecule has 0 radical (unpaired) electrons. The molecule has 2 fully saturated rings. The van der Waals surface area contributed by atoms with Crippen LogP contribution in [-0.4, -0.2) is 147 Å². The highest BCUT2D eigenvalue weighted by Gasteiger charge is 2.38. The molecule has 0 spiro atoms.